The molecule has 0 saturated heterocycles. The fourth-order valence-electron chi connectivity index (χ4n) is 3.81. The second-order valence-corrected chi connectivity index (χ2v) is 8.32. The van der Waals surface area contributed by atoms with E-state index < -0.39 is 24.3 Å². The van der Waals surface area contributed by atoms with Gasteiger partial charge in [-0.2, -0.15) is 0 Å². The molecule has 0 heterocycles. The molecule has 5 nitrogen and oxygen atoms in total. The van der Waals surface area contributed by atoms with E-state index in [4.69, 9.17) is 5.11 Å². The maximum absolute atomic E-state index is 10.8. The minimum absolute atomic E-state index is 0.106. The molecule has 1 saturated carbocycles. The van der Waals surface area contributed by atoms with Crippen molar-refractivity contribution >= 4 is 5.97 Å². The van der Waals surface area contributed by atoms with Crippen molar-refractivity contribution in [3.8, 4) is 0 Å². The summed E-state index contributed by atoms with van der Waals surface area (Å²) >= 11 is 0. The third kappa shape index (κ3) is 7.89. The van der Waals surface area contributed by atoms with Gasteiger partial charge in [-0.1, -0.05) is 52.2 Å². The van der Waals surface area contributed by atoms with Gasteiger partial charge in [0.15, 0.2) is 0 Å². The van der Waals surface area contributed by atoms with E-state index in [0.29, 0.717) is 25.7 Å². The molecular formula is C20H36O5. The Morgan fingerprint density at radius 3 is 2.52 bits per heavy atom. The number of hydrogen-bond acceptors (Lipinski definition) is 4. The molecule has 0 aromatic carbocycles. The summed E-state index contributed by atoms with van der Waals surface area (Å²) in [6, 6.07) is 0. The van der Waals surface area contributed by atoms with Crippen molar-refractivity contribution in [3.63, 3.8) is 0 Å². The van der Waals surface area contributed by atoms with Gasteiger partial charge in [-0.25, -0.2) is 0 Å². The minimum Gasteiger partial charge on any atom is -0.481 e. The lowest BCUT2D eigenvalue weighted by atomic mass is 9.75. The zero-order valence-electron chi connectivity index (χ0n) is 15.9. The second kappa shape index (κ2) is 10.3. The fraction of sp³-hybridized carbons (Fsp3) is 0.850. The number of hydrogen-bond donors (Lipinski definition) is 4. The lowest BCUT2D eigenvalue weighted by Crippen LogP contribution is -2.27. The average molecular weight is 357 g/mol. The number of carbonyl (C=O) groups is 1. The Kier molecular flexibility index (Phi) is 9.11. The lowest BCUT2D eigenvalue weighted by molar-refractivity contribution is -0.137. The van der Waals surface area contributed by atoms with Gasteiger partial charge in [-0.3, -0.25) is 4.79 Å². The third-order valence-electron chi connectivity index (χ3n) is 5.38. The largest absolute Gasteiger partial charge is 0.481 e. The van der Waals surface area contributed by atoms with Gasteiger partial charge in [0, 0.05) is 18.8 Å². The van der Waals surface area contributed by atoms with Crippen molar-refractivity contribution < 1.29 is 25.2 Å². The molecule has 0 aliphatic heterocycles. The van der Waals surface area contributed by atoms with E-state index >= 15 is 0 Å². The first-order valence-corrected chi connectivity index (χ1v) is 9.60. The van der Waals surface area contributed by atoms with Gasteiger partial charge in [0.2, 0.25) is 0 Å². The number of aliphatic hydroxyl groups is 3. The van der Waals surface area contributed by atoms with Crippen LogP contribution in [0.1, 0.15) is 72.1 Å². The Morgan fingerprint density at radius 2 is 1.92 bits per heavy atom. The van der Waals surface area contributed by atoms with Crippen molar-refractivity contribution in [1.82, 2.24) is 0 Å². The first-order chi connectivity index (χ1) is 11.7. The predicted molar refractivity (Wildman–Crippen MR) is 98.2 cm³/mol. The topological polar surface area (TPSA) is 98.0 Å². The summed E-state index contributed by atoms with van der Waals surface area (Å²) in [7, 11) is 0. The van der Waals surface area contributed by atoms with Gasteiger partial charge in [-0.05, 0) is 30.6 Å². The van der Waals surface area contributed by atoms with Crippen molar-refractivity contribution in [2.75, 3.05) is 0 Å². The molecule has 5 heteroatoms. The molecule has 1 aliphatic carbocycles. The summed E-state index contributed by atoms with van der Waals surface area (Å²) in [5, 5.41) is 39.6. The van der Waals surface area contributed by atoms with Crippen LogP contribution < -0.4 is 0 Å². The van der Waals surface area contributed by atoms with Crippen LogP contribution in [0, 0.1) is 17.3 Å². The molecule has 0 unspecified atom stereocenters. The summed E-state index contributed by atoms with van der Waals surface area (Å²) in [6.07, 6.45) is 7.40. The Bertz CT molecular complexity index is 432. The zero-order chi connectivity index (χ0) is 19.0. The number of rotatable bonds is 11. The Morgan fingerprint density at radius 1 is 1.24 bits per heavy atom. The molecule has 0 spiro atoms. The molecule has 0 aromatic heterocycles. The SMILES string of the molecule is CCCCC[C@H](O)/C=C/[C@@H]1[C@@H](CC(C)(C)CCC(=O)O)[C@@H](O)C[C@H]1O. The molecular weight excluding hydrogens is 320 g/mol. The average Bonchev–Trinajstić information content (AvgIpc) is 2.77. The first kappa shape index (κ1) is 22.1. The van der Waals surface area contributed by atoms with Crippen LogP contribution in [0.4, 0.5) is 0 Å². The highest BCUT2D eigenvalue weighted by Gasteiger charge is 2.42. The molecule has 0 amide bonds. The summed E-state index contributed by atoms with van der Waals surface area (Å²) in [5.74, 6) is -1.12. The lowest BCUT2D eigenvalue weighted by Gasteiger charge is -2.31. The van der Waals surface area contributed by atoms with Crippen LogP contribution in [-0.4, -0.2) is 44.7 Å². The summed E-state index contributed by atoms with van der Waals surface area (Å²) in [6.45, 7) is 6.14. The summed E-state index contributed by atoms with van der Waals surface area (Å²) in [5.41, 5.74) is -0.222. The summed E-state index contributed by atoms with van der Waals surface area (Å²) < 4.78 is 0. The van der Waals surface area contributed by atoms with Crippen molar-refractivity contribution in [3.05, 3.63) is 12.2 Å². The number of carboxylic acids is 1. The normalized spacial score (nSPS) is 28.6. The molecule has 1 rings (SSSR count). The molecule has 146 valence electrons. The molecule has 0 radical (unpaired) electrons. The zero-order valence-corrected chi connectivity index (χ0v) is 15.9. The van der Waals surface area contributed by atoms with Crippen LogP contribution in [0.5, 0.6) is 0 Å². The predicted octanol–water partition coefficient (Wildman–Crippen LogP) is 3.12. The quantitative estimate of drug-likeness (QED) is 0.337. The maximum Gasteiger partial charge on any atom is 0.303 e. The first-order valence-electron chi connectivity index (χ1n) is 9.60. The molecule has 1 aliphatic rings. The van der Waals surface area contributed by atoms with Gasteiger partial charge in [0.1, 0.15) is 0 Å². The van der Waals surface area contributed by atoms with E-state index in [9.17, 15) is 20.1 Å². The van der Waals surface area contributed by atoms with Crippen molar-refractivity contribution in [1.29, 1.82) is 0 Å². The van der Waals surface area contributed by atoms with E-state index in [1.807, 2.05) is 19.9 Å². The van der Waals surface area contributed by atoms with Crippen molar-refractivity contribution in [2.24, 2.45) is 17.3 Å². The van der Waals surface area contributed by atoms with Crippen molar-refractivity contribution in [2.45, 2.75) is 90.4 Å². The second-order valence-electron chi connectivity index (χ2n) is 8.32. The Balaban J connectivity index is 2.67. The highest BCUT2D eigenvalue weighted by atomic mass is 16.4. The van der Waals surface area contributed by atoms with E-state index in [2.05, 4.69) is 6.92 Å². The van der Waals surface area contributed by atoms with Crippen LogP contribution in [0.2, 0.25) is 0 Å². The van der Waals surface area contributed by atoms with E-state index in [-0.39, 0.29) is 23.7 Å². The number of aliphatic carboxylic acids is 1. The minimum atomic E-state index is -0.813. The van der Waals surface area contributed by atoms with Gasteiger partial charge >= 0.3 is 5.97 Å². The van der Waals surface area contributed by atoms with Crippen LogP contribution in [-0.2, 0) is 4.79 Å². The molecule has 4 N–H and O–H groups in total. The molecule has 0 bridgehead atoms. The van der Waals surface area contributed by atoms with E-state index in [1.165, 1.54) is 0 Å². The fourth-order valence-corrected chi connectivity index (χ4v) is 3.81. The van der Waals surface area contributed by atoms with Gasteiger partial charge in [0.25, 0.3) is 0 Å². The van der Waals surface area contributed by atoms with Crippen LogP contribution in [0.3, 0.4) is 0 Å². The summed E-state index contributed by atoms with van der Waals surface area (Å²) in [4.78, 5) is 10.8. The van der Waals surface area contributed by atoms with Gasteiger partial charge < -0.3 is 20.4 Å². The van der Waals surface area contributed by atoms with E-state index in [0.717, 1.165) is 19.3 Å². The van der Waals surface area contributed by atoms with Crippen LogP contribution in [0.15, 0.2) is 12.2 Å². The highest BCUT2D eigenvalue weighted by Crippen LogP contribution is 2.42. The smallest absolute Gasteiger partial charge is 0.303 e. The molecule has 0 aromatic rings. The third-order valence-corrected chi connectivity index (χ3v) is 5.38. The number of aliphatic hydroxyl groups excluding tert-OH is 3. The molecule has 1 fully saturated rings. The monoisotopic (exact) mass is 356 g/mol. The maximum atomic E-state index is 10.8. The highest BCUT2D eigenvalue weighted by molar-refractivity contribution is 5.66. The van der Waals surface area contributed by atoms with Crippen LogP contribution in [0.25, 0.3) is 0 Å². The Hall–Kier alpha value is -0.910. The number of carboxylic acid groups (broad SMARTS) is 1. The van der Waals surface area contributed by atoms with Gasteiger partial charge in [-0.15, -0.1) is 0 Å². The number of unbranched alkanes of at least 4 members (excludes halogenated alkanes) is 2. The van der Waals surface area contributed by atoms with Gasteiger partial charge in [0.05, 0.1) is 18.3 Å². The Labute approximate surface area is 151 Å². The standard InChI is InChI=1S/C20H36O5/c1-4-5-6-7-14(21)8-9-15-16(18(23)12-17(15)22)13-20(2,3)11-10-19(24)25/h8-9,14-18,21-23H,4-7,10-13H2,1-3H3,(H,24,25)/b9-8+/t14-,15+,16+,17+,18-/m0/s1. The molecule has 25 heavy (non-hydrogen) atoms. The van der Waals surface area contributed by atoms with Crippen LogP contribution >= 0.6 is 0 Å². The molecule has 5 atom stereocenters. The van der Waals surface area contributed by atoms with E-state index in [1.54, 1.807) is 6.08 Å².